The molecule has 11 heavy (non-hydrogen) atoms. The Morgan fingerprint density at radius 3 is 2.55 bits per heavy atom. The van der Waals surface area contributed by atoms with Gasteiger partial charge < -0.3 is 0 Å². The second-order valence-corrected chi connectivity index (χ2v) is 2.39. The van der Waals surface area contributed by atoms with E-state index < -0.39 is 0 Å². The SMILES string of the molecule is CC.N#Cc1cc(Br)ccn1. The van der Waals surface area contributed by atoms with Crippen molar-refractivity contribution in [2.24, 2.45) is 0 Å². The number of rotatable bonds is 0. The topological polar surface area (TPSA) is 36.7 Å². The van der Waals surface area contributed by atoms with E-state index in [1.54, 1.807) is 18.3 Å². The Balaban J connectivity index is 0.000000461. The molecule has 0 aromatic carbocycles. The molecule has 0 N–H and O–H groups in total. The molecule has 0 fully saturated rings. The van der Waals surface area contributed by atoms with Gasteiger partial charge in [-0.15, -0.1) is 0 Å². The fourth-order valence-corrected chi connectivity index (χ4v) is 0.801. The number of nitrogens with zero attached hydrogens (tertiary/aromatic N) is 2. The Kier molecular flexibility index (Phi) is 5.40. The van der Waals surface area contributed by atoms with Gasteiger partial charge in [-0.25, -0.2) is 4.98 Å². The van der Waals surface area contributed by atoms with Crippen LogP contribution in [0.2, 0.25) is 0 Å². The summed E-state index contributed by atoms with van der Waals surface area (Å²) in [7, 11) is 0. The number of nitriles is 1. The van der Waals surface area contributed by atoms with E-state index in [1.807, 2.05) is 19.9 Å². The zero-order valence-electron chi connectivity index (χ0n) is 6.50. The van der Waals surface area contributed by atoms with Gasteiger partial charge in [-0.2, -0.15) is 5.26 Å². The van der Waals surface area contributed by atoms with E-state index in [4.69, 9.17) is 5.26 Å². The van der Waals surface area contributed by atoms with Crippen LogP contribution in [-0.4, -0.2) is 4.98 Å². The van der Waals surface area contributed by atoms with Crippen LogP contribution in [0.3, 0.4) is 0 Å². The Hall–Kier alpha value is -0.880. The van der Waals surface area contributed by atoms with Gasteiger partial charge in [0.05, 0.1) is 0 Å². The molecule has 1 aromatic rings. The first kappa shape index (κ1) is 10.1. The maximum Gasteiger partial charge on any atom is 0.141 e. The molecule has 0 radical (unpaired) electrons. The molecule has 0 saturated carbocycles. The highest BCUT2D eigenvalue weighted by Gasteiger charge is 1.89. The van der Waals surface area contributed by atoms with Gasteiger partial charge in [0.2, 0.25) is 0 Å². The second kappa shape index (κ2) is 5.87. The maximum absolute atomic E-state index is 8.33. The van der Waals surface area contributed by atoms with E-state index in [-0.39, 0.29) is 0 Å². The molecule has 1 rings (SSSR count). The number of halogens is 1. The lowest BCUT2D eigenvalue weighted by Gasteiger charge is -1.86. The van der Waals surface area contributed by atoms with Crippen LogP contribution in [0.4, 0.5) is 0 Å². The molecular weight excluding hydrogens is 204 g/mol. The van der Waals surface area contributed by atoms with Crippen LogP contribution in [-0.2, 0) is 0 Å². The van der Waals surface area contributed by atoms with Crippen LogP contribution in [0.25, 0.3) is 0 Å². The summed E-state index contributed by atoms with van der Waals surface area (Å²) in [6.45, 7) is 4.00. The van der Waals surface area contributed by atoms with Crippen molar-refractivity contribution in [2.75, 3.05) is 0 Å². The van der Waals surface area contributed by atoms with Crippen molar-refractivity contribution in [3.05, 3.63) is 28.5 Å². The molecule has 3 heteroatoms. The van der Waals surface area contributed by atoms with Gasteiger partial charge >= 0.3 is 0 Å². The minimum absolute atomic E-state index is 0.435. The average molecular weight is 213 g/mol. The number of hydrogen-bond donors (Lipinski definition) is 0. The second-order valence-electron chi connectivity index (χ2n) is 1.47. The zero-order valence-corrected chi connectivity index (χ0v) is 8.09. The van der Waals surface area contributed by atoms with Crippen molar-refractivity contribution in [3.8, 4) is 6.07 Å². The highest BCUT2D eigenvalue weighted by Crippen LogP contribution is 2.07. The van der Waals surface area contributed by atoms with E-state index in [9.17, 15) is 0 Å². The summed E-state index contributed by atoms with van der Waals surface area (Å²) in [5, 5.41) is 8.33. The fourth-order valence-electron chi connectivity index (χ4n) is 0.466. The van der Waals surface area contributed by atoms with Gasteiger partial charge in [0.1, 0.15) is 11.8 Å². The average Bonchev–Trinajstić information content (AvgIpc) is 2.08. The highest BCUT2D eigenvalue weighted by atomic mass is 79.9. The van der Waals surface area contributed by atoms with Crippen molar-refractivity contribution in [1.29, 1.82) is 5.26 Å². The van der Waals surface area contributed by atoms with Gasteiger partial charge in [-0.3, -0.25) is 0 Å². The fraction of sp³-hybridized carbons (Fsp3) is 0.250. The van der Waals surface area contributed by atoms with Gasteiger partial charge in [0, 0.05) is 10.7 Å². The molecule has 0 saturated heterocycles. The monoisotopic (exact) mass is 212 g/mol. The third-order valence-corrected chi connectivity index (χ3v) is 1.33. The van der Waals surface area contributed by atoms with E-state index in [1.165, 1.54) is 0 Å². The molecule has 0 aliphatic heterocycles. The largest absolute Gasteiger partial charge is 0.245 e. The molecule has 0 amide bonds. The van der Waals surface area contributed by atoms with Crippen LogP contribution in [0.5, 0.6) is 0 Å². The molecule has 0 unspecified atom stereocenters. The Bertz CT molecular complexity index is 253. The third kappa shape index (κ3) is 3.74. The summed E-state index contributed by atoms with van der Waals surface area (Å²) in [6.07, 6.45) is 1.59. The highest BCUT2D eigenvalue weighted by molar-refractivity contribution is 9.10. The molecule has 2 nitrogen and oxygen atoms in total. The van der Waals surface area contributed by atoms with Crippen LogP contribution in [0.15, 0.2) is 22.8 Å². The molecule has 0 bridgehead atoms. The lowest BCUT2D eigenvalue weighted by molar-refractivity contribution is 1.25. The van der Waals surface area contributed by atoms with Crippen LogP contribution < -0.4 is 0 Å². The molecule has 0 atom stereocenters. The van der Waals surface area contributed by atoms with Crippen molar-refractivity contribution in [2.45, 2.75) is 13.8 Å². The van der Waals surface area contributed by atoms with E-state index in [0.29, 0.717) is 5.69 Å². The lowest BCUT2D eigenvalue weighted by atomic mass is 10.4. The molecule has 0 aliphatic carbocycles. The first-order chi connectivity index (χ1) is 5.33. The predicted octanol–water partition coefficient (Wildman–Crippen LogP) is 2.74. The summed E-state index contributed by atoms with van der Waals surface area (Å²) < 4.78 is 0.883. The van der Waals surface area contributed by atoms with E-state index >= 15 is 0 Å². The molecule has 1 aromatic heterocycles. The van der Waals surface area contributed by atoms with E-state index in [2.05, 4.69) is 20.9 Å². The molecule has 58 valence electrons. The maximum atomic E-state index is 8.33. The van der Waals surface area contributed by atoms with Gasteiger partial charge in [0.15, 0.2) is 0 Å². The summed E-state index contributed by atoms with van der Waals surface area (Å²) in [6, 6.07) is 5.37. The van der Waals surface area contributed by atoms with E-state index in [0.717, 1.165) is 4.47 Å². The quantitative estimate of drug-likeness (QED) is 0.664. The lowest BCUT2D eigenvalue weighted by Crippen LogP contribution is -1.78. The van der Waals surface area contributed by atoms with Crippen LogP contribution in [0.1, 0.15) is 19.5 Å². The standard InChI is InChI=1S/C6H3BrN2.C2H6/c7-5-1-2-9-6(3-5)4-8;1-2/h1-3H;1-2H3. The normalized spacial score (nSPS) is 7.45. The Morgan fingerprint density at radius 2 is 2.18 bits per heavy atom. The minimum atomic E-state index is 0.435. The molecule has 0 spiro atoms. The Morgan fingerprint density at radius 1 is 1.55 bits per heavy atom. The molecule has 1 heterocycles. The molecule has 0 aliphatic rings. The summed E-state index contributed by atoms with van der Waals surface area (Å²) in [5.41, 5.74) is 0.435. The molecular formula is C8H9BrN2. The number of hydrogen-bond acceptors (Lipinski definition) is 2. The summed E-state index contributed by atoms with van der Waals surface area (Å²) >= 11 is 3.21. The summed E-state index contributed by atoms with van der Waals surface area (Å²) in [4.78, 5) is 3.77. The number of pyridine rings is 1. The first-order valence-corrected chi connectivity index (χ1v) is 4.14. The number of aromatic nitrogens is 1. The van der Waals surface area contributed by atoms with Gasteiger partial charge in [-0.1, -0.05) is 29.8 Å². The van der Waals surface area contributed by atoms with Gasteiger partial charge in [0.25, 0.3) is 0 Å². The van der Waals surface area contributed by atoms with Crippen LogP contribution >= 0.6 is 15.9 Å². The van der Waals surface area contributed by atoms with Crippen molar-refractivity contribution < 1.29 is 0 Å². The smallest absolute Gasteiger partial charge is 0.141 e. The van der Waals surface area contributed by atoms with Crippen molar-refractivity contribution in [3.63, 3.8) is 0 Å². The predicted molar refractivity (Wildman–Crippen MR) is 48.0 cm³/mol. The van der Waals surface area contributed by atoms with Crippen molar-refractivity contribution >= 4 is 15.9 Å². The minimum Gasteiger partial charge on any atom is -0.245 e. The first-order valence-electron chi connectivity index (χ1n) is 3.34. The van der Waals surface area contributed by atoms with Gasteiger partial charge in [-0.05, 0) is 12.1 Å². The Labute approximate surface area is 75.0 Å². The van der Waals surface area contributed by atoms with Crippen molar-refractivity contribution in [1.82, 2.24) is 4.98 Å². The third-order valence-electron chi connectivity index (χ3n) is 0.837. The zero-order chi connectivity index (χ0) is 8.69. The van der Waals surface area contributed by atoms with Crippen LogP contribution in [0, 0.1) is 11.3 Å². The summed E-state index contributed by atoms with van der Waals surface area (Å²) in [5.74, 6) is 0.